The zero-order chi connectivity index (χ0) is 14.8. The molecular weight excluding hydrogens is 244 g/mol. The Hall–Kier alpha value is -1.10. The number of carboxylic acids is 1. The molecule has 0 aromatic carbocycles. The molecule has 0 aromatic heterocycles. The summed E-state index contributed by atoms with van der Waals surface area (Å²) in [7, 11) is 0. The van der Waals surface area contributed by atoms with Crippen molar-refractivity contribution in [1.82, 2.24) is 5.32 Å². The molecule has 112 valence electrons. The third-order valence-electron chi connectivity index (χ3n) is 3.04. The molecule has 0 bridgehead atoms. The van der Waals surface area contributed by atoms with Crippen molar-refractivity contribution in [1.29, 1.82) is 0 Å². The van der Waals surface area contributed by atoms with Gasteiger partial charge in [-0.2, -0.15) is 0 Å². The van der Waals surface area contributed by atoms with Gasteiger partial charge in [0.15, 0.2) is 0 Å². The Kier molecular flexibility index (Phi) is 9.21. The molecule has 5 heteroatoms. The lowest BCUT2D eigenvalue weighted by molar-refractivity contribution is -0.138. The van der Waals surface area contributed by atoms with Crippen molar-refractivity contribution in [3.05, 3.63) is 0 Å². The number of hydrogen-bond acceptors (Lipinski definition) is 3. The number of aliphatic carboxylic acids is 1. The Bertz CT molecular complexity index is 280. The second-order valence-electron chi connectivity index (χ2n) is 5.59. The van der Waals surface area contributed by atoms with E-state index in [1.54, 1.807) is 0 Å². The molecule has 1 amide bonds. The van der Waals surface area contributed by atoms with Gasteiger partial charge in [-0.25, -0.2) is 0 Å². The van der Waals surface area contributed by atoms with Gasteiger partial charge in [-0.1, -0.05) is 33.6 Å². The average molecular weight is 272 g/mol. The maximum Gasteiger partial charge on any atom is 0.303 e. The fraction of sp³-hybridized carbons (Fsp3) is 0.857. The highest BCUT2D eigenvalue weighted by Gasteiger charge is 2.18. The molecule has 0 saturated carbocycles. The molecule has 19 heavy (non-hydrogen) atoms. The molecule has 0 rings (SSSR count). The van der Waals surface area contributed by atoms with Crippen molar-refractivity contribution in [3.63, 3.8) is 0 Å². The van der Waals surface area contributed by atoms with E-state index >= 15 is 0 Å². The molecule has 1 unspecified atom stereocenters. The standard InChI is InChI=1S/C14H28N2O3/c1-4-5-6-12(15)14(19)16-9-11(7-10(2)3)8-13(17)18/h10-12H,4-9,15H2,1-3H3,(H,16,19)(H,17,18)/t11?,12-/m0/s1. The molecule has 4 N–H and O–H groups in total. The van der Waals surface area contributed by atoms with Gasteiger partial charge < -0.3 is 16.2 Å². The summed E-state index contributed by atoms with van der Waals surface area (Å²) in [6, 6.07) is -0.482. The van der Waals surface area contributed by atoms with E-state index in [2.05, 4.69) is 12.2 Å². The summed E-state index contributed by atoms with van der Waals surface area (Å²) < 4.78 is 0. The second kappa shape index (κ2) is 9.78. The predicted molar refractivity (Wildman–Crippen MR) is 75.7 cm³/mol. The minimum atomic E-state index is -0.824. The van der Waals surface area contributed by atoms with E-state index in [1.165, 1.54) is 0 Å². The third-order valence-corrected chi connectivity index (χ3v) is 3.04. The van der Waals surface area contributed by atoms with Crippen LogP contribution in [0.2, 0.25) is 0 Å². The summed E-state index contributed by atoms with van der Waals surface area (Å²) in [4.78, 5) is 22.5. The maximum atomic E-state index is 11.7. The van der Waals surface area contributed by atoms with Crippen LogP contribution >= 0.6 is 0 Å². The summed E-state index contributed by atoms with van der Waals surface area (Å²) >= 11 is 0. The summed E-state index contributed by atoms with van der Waals surface area (Å²) in [6.45, 7) is 6.53. The first-order valence-corrected chi connectivity index (χ1v) is 7.11. The van der Waals surface area contributed by atoms with Crippen molar-refractivity contribution >= 4 is 11.9 Å². The Morgan fingerprint density at radius 3 is 2.42 bits per heavy atom. The number of amides is 1. The molecule has 0 radical (unpaired) electrons. The van der Waals surface area contributed by atoms with E-state index in [0.29, 0.717) is 18.9 Å². The van der Waals surface area contributed by atoms with Crippen LogP contribution in [0.3, 0.4) is 0 Å². The number of carbonyl (C=O) groups excluding carboxylic acids is 1. The third kappa shape index (κ3) is 9.47. The van der Waals surface area contributed by atoms with E-state index in [-0.39, 0.29) is 18.2 Å². The lowest BCUT2D eigenvalue weighted by atomic mass is 9.94. The van der Waals surface area contributed by atoms with Crippen molar-refractivity contribution < 1.29 is 14.7 Å². The van der Waals surface area contributed by atoms with Crippen LogP contribution in [0.1, 0.15) is 52.9 Å². The molecule has 0 heterocycles. The van der Waals surface area contributed by atoms with Crippen molar-refractivity contribution in [3.8, 4) is 0 Å². The average Bonchev–Trinajstić information content (AvgIpc) is 2.31. The highest BCUT2D eigenvalue weighted by Crippen LogP contribution is 2.14. The van der Waals surface area contributed by atoms with E-state index in [9.17, 15) is 9.59 Å². The first-order valence-electron chi connectivity index (χ1n) is 7.11. The molecule has 0 spiro atoms. The van der Waals surface area contributed by atoms with Crippen LogP contribution in [0.5, 0.6) is 0 Å². The SMILES string of the molecule is CCCC[C@H](N)C(=O)NCC(CC(=O)O)CC(C)C. The Balaban J connectivity index is 4.14. The van der Waals surface area contributed by atoms with Gasteiger partial charge in [0, 0.05) is 13.0 Å². The molecule has 2 atom stereocenters. The zero-order valence-corrected chi connectivity index (χ0v) is 12.3. The Morgan fingerprint density at radius 2 is 1.95 bits per heavy atom. The predicted octanol–water partition coefficient (Wildman–Crippen LogP) is 1.76. The number of nitrogens with two attached hydrogens (primary N) is 1. The van der Waals surface area contributed by atoms with Gasteiger partial charge in [-0.3, -0.25) is 9.59 Å². The van der Waals surface area contributed by atoms with Crippen LogP contribution < -0.4 is 11.1 Å². The van der Waals surface area contributed by atoms with Gasteiger partial charge in [0.2, 0.25) is 5.91 Å². The minimum absolute atomic E-state index is 0.0279. The number of carboxylic acid groups (broad SMARTS) is 1. The summed E-state index contributed by atoms with van der Waals surface area (Å²) in [5.74, 6) is -0.613. The Labute approximate surface area is 115 Å². The Morgan fingerprint density at radius 1 is 1.32 bits per heavy atom. The van der Waals surface area contributed by atoms with Crippen molar-refractivity contribution in [2.45, 2.75) is 58.9 Å². The van der Waals surface area contributed by atoms with Gasteiger partial charge in [0.05, 0.1) is 6.04 Å². The largest absolute Gasteiger partial charge is 0.481 e. The fourth-order valence-corrected chi connectivity index (χ4v) is 2.08. The van der Waals surface area contributed by atoms with Crippen LogP contribution in [0.4, 0.5) is 0 Å². The molecular formula is C14H28N2O3. The highest BCUT2D eigenvalue weighted by atomic mass is 16.4. The van der Waals surface area contributed by atoms with Crippen LogP contribution in [0.15, 0.2) is 0 Å². The van der Waals surface area contributed by atoms with Gasteiger partial charge in [0.25, 0.3) is 0 Å². The van der Waals surface area contributed by atoms with Gasteiger partial charge in [-0.05, 0) is 24.7 Å². The van der Waals surface area contributed by atoms with E-state index in [0.717, 1.165) is 19.3 Å². The van der Waals surface area contributed by atoms with Gasteiger partial charge in [-0.15, -0.1) is 0 Å². The summed E-state index contributed by atoms with van der Waals surface area (Å²) in [6.07, 6.45) is 3.49. The molecule has 0 aliphatic carbocycles. The van der Waals surface area contributed by atoms with E-state index in [1.807, 2.05) is 13.8 Å². The summed E-state index contributed by atoms with van der Waals surface area (Å²) in [5, 5.41) is 11.6. The topological polar surface area (TPSA) is 92.4 Å². The number of rotatable bonds is 10. The molecule has 0 aliphatic rings. The molecule has 5 nitrogen and oxygen atoms in total. The fourth-order valence-electron chi connectivity index (χ4n) is 2.08. The highest BCUT2D eigenvalue weighted by molar-refractivity contribution is 5.81. The quantitative estimate of drug-likeness (QED) is 0.565. The first-order chi connectivity index (χ1) is 8.86. The van der Waals surface area contributed by atoms with Crippen molar-refractivity contribution in [2.24, 2.45) is 17.6 Å². The van der Waals surface area contributed by atoms with Crippen molar-refractivity contribution in [2.75, 3.05) is 6.54 Å². The van der Waals surface area contributed by atoms with Crippen LogP contribution in [0, 0.1) is 11.8 Å². The molecule has 0 fully saturated rings. The van der Waals surface area contributed by atoms with E-state index < -0.39 is 12.0 Å². The maximum absolute atomic E-state index is 11.7. The number of nitrogens with one attached hydrogen (secondary N) is 1. The number of carbonyl (C=O) groups is 2. The summed E-state index contributed by atoms with van der Waals surface area (Å²) in [5.41, 5.74) is 5.76. The lowest BCUT2D eigenvalue weighted by Crippen LogP contribution is -2.42. The first kappa shape index (κ1) is 17.9. The van der Waals surface area contributed by atoms with Crippen LogP contribution in [0.25, 0.3) is 0 Å². The minimum Gasteiger partial charge on any atom is -0.481 e. The monoisotopic (exact) mass is 272 g/mol. The zero-order valence-electron chi connectivity index (χ0n) is 12.3. The van der Waals surface area contributed by atoms with Gasteiger partial charge >= 0.3 is 5.97 Å². The smallest absolute Gasteiger partial charge is 0.303 e. The lowest BCUT2D eigenvalue weighted by Gasteiger charge is -2.19. The van der Waals surface area contributed by atoms with Crippen LogP contribution in [-0.4, -0.2) is 29.6 Å². The second-order valence-corrected chi connectivity index (χ2v) is 5.59. The number of unbranched alkanes of at least 4 members (excludes halogenated alkanes) is 1. The molecule has 0 saturated heterocycles. The molecule has 0 aromatic rings. The van der Waals surface area contributed by atoms with Crippen LogP contribution in [-0.2, 0) is 9.59 Å². The molecule has 0 aliphatic heterocycles. The van der Waals surface area contributed by atoms with E-state index in [4.69, 9.17) is 10.8 Å². The van der Waals surface area contributed by atoms with Gasteiger partial charge in [0.1, 0.15) is 0 Å². The number of hydrogen-bond donors (Lipinski definition) is 3. The normalized spacial score (nSPS) is 14.2.